The zero-order valence-electron chi connectivity index (χ0n) is 23.4. The standard InChI is InChI=1S/C30H40O7Si/c1-27(2,3)38(20-14-10-8-11-15-20,21-16-12-9-13-17-21)34-18-22-23(31)24-26(36-29(6,7)35-24)30(25(22)32)19-33-28(4,5)37-30/h8-17,22,24-26,32H,18-19H2,1-7H3/t22-,24+,25-,26+,30+/m1/s1. The number of carbonyl (C=O) groups excluding carboxylic acids is 1. The summed E-state index contributed by atoms with van der Waals surface area (Å²) < 4.78 is 31.7. The molecule has 0 bridgehead atoms. The first kappa shape index (κ1) is 27.6. The predicted molar refractivity (Wildman–Crippen MR) is 146 cm³/mol. The van der Waals surface area contributed by atoms with Crippen molar-refractivity contribution in [3.63, 3.8) is 0 Å². The van der Waals surface area contributed by atoms with Crippen LogP contribution in [0, 0.1) is 5.92 Å². The monoisotopic (exact) mass is 540 g/mol. The van der Waals surface area contributed by atoms with Gasteiger partial charge in [-0.15, -0.1) is 0 Å². The molecule has 8 heteroatoms. The number of rotatable bonds is 5. The lowest BCUT2D eigenvalue weighted by Crippen LogP contribution is -2.71. The molecule has 2 saturated heterocycles. The number of aliphatic hydroxyl groups excluding tert-OH is 1. The Morgan fingerprint density at radius 2 is 1.47 bits per heavy atom. The maximum absolute atomic E-state index is 13.9. The molecule has 3 aliphatic rings. The Bertz CT molecular complexity index is 1120. The Balaban J connectivity index is 1.56. The highest BCUT2D eigenvalue weighted by molar-refractivity contribution is 6.99. The van der Waals surface area contributed by atoms with Crippen LogP contribution in [-0.2, 0) is 28.2 Å². The first-order chi connectivity index (χ1) is 17.7. The maximum Gasteiger partial charge on any atom is 0.261 e. The predicted octanol–water partition coefficient (Wildman–Crippen LogP) is 3.16. The molecule has 206 valence electrons. The largest absolute Gasteiger partial charge is 0.407 e. The van der Waals surface area contributed by atoms with Gasteiger partial charge in [-0.1, -0.05) is 81.4 Å². The molecule has 3 fully saturated rings. The van der Waals surface area contributed by atoms with E-state index < -0.39 is 49.7 Å². The van der Waals surface area contributed by atoms with Crippen molar-refractivity contribution in [2.24, 2.45) is 5.92 Å². The van der Waals surface area contributed by atoms with Gasteiger partial charge in [-0.3, -0.25) is 4.79 Å². The number of hydrogen-bond acceptors (Lipinski definition) is 7. The molecule has 1 aliphatic carbocycles. The van der Waals surface area contributed by atoms with E-state index in [0.717, 1.165) is 10.4 Å². The zero-order chi connectivity index (χ0) is 27.6. The third kappa shape index (κ3) is 4.40. The number of ketones is 1. The van der Waals surface area contributed by atoms with Gasteiger partial charge in [0, 0.05) is 6.61 Å². The van der Waals surface area contributed by atoms with Gasteiger partial charge in [0.2, 0.25) is 0 Å². The fraction of sp³-hybridized carbons (Fsp3) is 0.567. The van der Waals surface area contributed by atoms with Crippen LogP contribution in [0.2, 0.25) is 5.04 Å². The molecule has 0 unspecified atom stereocenters. The van der Waals surface area contributed by atoms with Gasteiger partial charge in [0.1, 0.15) is 18.3 Å². The third-order valence-corrected chi connectivity index (χ3v) is 13.1. The average molecular weight is 541 g/mol. The van der Waals surface area contributed by atoms with Gasteiger partial charge in [-0.2, -0.15) is 0 Å². The second-order valence-electron chi connectivity index (χ2n) is 12.7. The van der Waals surface area contributed by atoms with Crippen molar-refractivity contribution in [3.05, 3.63) is 60.7 Å². The molecule has 0 radical (unpaired) electrons. The van der Waals surface area contributed by atoms with Gasteiger partial charge in [0.15, 0.2) is 23.0 Å². The summed E-state index contributed by atoms with van der Waals surface area (Å²) in [6.07, 6.45) is -2.88. The van der Waals surface area contributed by atoms with Crippen molar-refractivity contribution in [2.75, 3.05) is 13.2 Å². The lowest BCUT2D eigenvalue weighted by atomic mass is 9.71. The third-order valence-electron chi connectivity index (χ3n) is 8.08. The van der Waals surface area contributed by atoms with Gasteiger partial charge in [-0.25, -0.2) is 0 Å². The second kappa shape index (κ2) is 9.33. The summed E-state index contributed by atoms with van der Waals surface area (Å²) in [5.74, 6) is -3.05. The Kier molecular flexibility index (Phi) is 6.79. The van der Waals surface area contributed by atoms with E-state index in [-0.39, 0.29) is 24.0 Å². The smallest absolute Gasteiger partial charge is 0.261 e. The highest BCUT2D eigenvalue weighted by Crippen LogP contribution is 2.49. The SMILES string of the molecule is CC1(C)O[C@H]2C(=O)[C@@H](CO[Si](c3ccccc3)(c3ccccc3)C(C)(C)C)[C@@H](O)[C@@]3(COC(C)(C)O3)[C@H]2O1. The summed E-state index contributed by atoms with van der Waals surface area (Å²) in [7, 11) is -2.94. The van der Waals surface area contributed by atoms with Gasteiger partial charge in [0.25, 0.3) is 8.32 Å². The normalized spacial score (nSPS) is 32.5. The fourth-order valence-corrected chi connectivity index (χ4v) is 11.0. The fourth-order valence-electron chi connectivity index (χ4n) is 6.44. The highest BCUT2D eigenvalue weighted by Gasteiger charge is 2.69. The Morgan fingerprint density at radius 1 is 0.921 bits per heavy atom. The van der Waals surface area contributed by atoms with Crippen molar-refractivity contribution < 1.29 is 33.3 Å². The van der Waals surface area contributed by atoms with E-state index in [9.17, 15) is 9.90 Å². The van der Waals surface area contributed by atoms with Crippen molar-refractivity contribution in [1.29, 1.82) is 0 Å². The Hall–Kier alpha value is -1.91. The number of carbonyl (C=O) groups is 1. The maximum atomic E-state index is 13.9. The number of ether oxygens (including phenoxy) is 4. The molecule has 38 heavy (non-hydrogen) atoms. The molecule has 1 spiro atoms. The van der Waals surface area contributed by atoms with E-state index in [0.29, 0.717) is 0 Å². The molecule has 2 aromatic carbocycles. The van der Waals surface area contributed by atoms with Crippen LogP contribution in [0.15, 0.2) is 60.7 Å². The van der Waals surface area contributed by atoms with E-state index in [1.165, 1.54) is 0 Å². The summed E-state index contributed by atoms with van der Waals surface area (Å²) in [5.41, 5.74) is -1.25. The van der Waals surface area contributed by atoms with E-state index in [1.54, 1.807) is 27.7 Å². The van der Waals surface area contributed by atoms with Crippen molar-refractivity contribution >= 4 is 24.5 Å². The minimum Gasteiger partial charge on any atom is -0.407 e. The summed E-state index contributed by atoms with van der Waals surface area (Å²) in [6.45, 7) is 13.8. The molecule has 5 rings (SSSR count). The topological polar surface area (TPSA) is 83.5 Å². The van der Waals surface area contributed by atoms with Crippen molar-refractivity contribution in [2.45, 2.75) is 89.0 Å². The van der Waals surface area contributed by atoms with Crippen molar-refractivity contribution in [3.8, 4) is 0 Å². The summed E-state index contributed by atoms with van der Waals surface area (Å²) in [4.78, 5) is 13.9. The Labute approximate surface area is 226 Å². The van der Waals surface area contributed by atoms with Crippen LogP contribution in [0.25, 0.3) is 0 Å². The number of fused-ring (bicyclic) bond motifs is 2. The molecular formula is C30H40O7Si. The van der Waals surface area contributed by atoms with Gasteiger partial charge in [-0.05, 0) is 43.1 Å². The van der Waals surface area contributed by atoms with Crippen molar-refractivity contribution in [1.82, 2.24) is 0 Å². The van der Waals surface area contributed by atoms with E-state index >= 15 is 0 Å². The number of benzene rings is 2. The molecule has 1 N–H and O–H groups in total. The van der Waals surface area contributed by atoms with Crippen LogP contribution in [0.3, 0.4) is 0 Å². The van der Waals surface area contributed by atoms with Crippen LogP contribution in [-0.4, -0.2) is 67.9 Å². The number of Topliss-reactive ketones (excluding diaryl/α,β-unsaturated/α-hetero) is 1. The first-order valence-electron chi connectivity index (χ1n) is 13.4. The first-order valence-corrected chi connectivity index (χ1v) is 15.3. The molecule has 0 aromatic heterocycles. The molecule has 7 nitrogen and oxygen atoms in total. The summed E-state index contributed by atoms with van der Waals surface area (Å²) >= 11 is 0. The van der Waals surface area contributed by atoms with E-state index in [1.807, 2.05) is 36.4 Å². The van der Waals surface area contributed by atoms with Crippen LogP contribution in [0.4, 0.5) is 0 Å². The lowest BCUT2D eigenvalue weighted by molar-refractivity contribution is -0.243. The second-order valence-corrected chi connectivity index (χ2v) is 17.0. The van der Waals surface area contributed by atoms with Gasteiger partial charge < -0.3 is 28.5 Å². The van der Waals surface area contributed by atoms with Gasteiger partial charge in [0.05, 0.1) is 12.5 Å². The highest BCUT2D eigenvalue weighted by atomic mass is 28.4. The quantitative estimate of drug-likeness (QED) is 0.584. The molecular weight excluding hydrogens is 500 g/mol. The molecule has 2 aromatic rings. The summed E-state index contributed by atoms with van der Waals surface area (Å²) in [6, 6.07) is 20.5. The van der Waals surface area contributed by atoms with Crippen LogP contribution in [0.1, 0.15) is 48.5 Å². The minimum atomic E-state index is -2.94. The number of hydrogen-bond donors (Lipinski definition) is 1. The average Bonchev–Trinajstić information content (AvgIpc) is 3.37. The molecule has 5 atom stereocenters. The molecule has 1 saturated carbocycles. The van der Waals surface area contributed by atoms with E-state index in [4.69, 9.17) is 23.4 Å². The van der Waals surface area contributed by atoms with Gasteiger partial charge >= 0.3 is 0 Å². The number of aliphatic hydroxyl groups is 1. The lowest BCUT2D eigenvalue weighted by Gasteiger charge is -2.48. The summed E-state index contributed by atoms with van der Waals surface area (Å²) in [5, 5.41) is 13.8. The van der Waals surface area contributed by atoms with Crippen LogP contribution < -0.4 is 10.4 Å². The van der Waals surface area contributed by atoms with E-state index in [2.05, 4.69) is 45.0 Å². The minimum absolute atomic E-state index is 0.0197. The molecule has 2 heterocycles. The Morgan fingerprint density at radius 3 is 1.95 bits per heavy atom. The van der Waals surface area contributed by atoms with Crippen LogP contribution in [0.5, 0.6) is 0 Å². The van der Waals surface area contributed by atoms with Crippen LogP contribution >= 0.6 is 0 Å². The molecule has 0 amide bonds. The zero-order valence-corrected chi connectivity index (χ0v) is 24.4. The molecule has 2 aliphatic heterocycles.